The van der Waals surface area contributed by atoms with Crippen LogP contribution in [-0.4, -0.2) is 13.0 Å². The monoisotopic (exact) mass is 286 g/mol. The number of primary amides is 1. The molecule has 0 aliphatic heterocycles. The first-order valence-corrected chi connectivity index (χ1v) is 6.59. The van der Waals surface area contributed by atoms with Crippen LogP contribution in [0.5, 0.6) is 17.2 Å². The Morgan fingerprint density at radius 2 is 1.90 bits per heavy atom. The Morgan fingerprint density at radius 3 is 2.52 bits per heavy atom. The summed E-state index contributed by atoms with van der Waals surface area (Å²) in [6, 6.07) is 10.6. The van der Waals surface area contributed by atoms with E-state index in [0.717, 1.165) is 12.0 Å². The lowest BCUT2D eigenvalue weighted by atomic mass is 10.1. The number of aryl methyl sites for hydroxylation is 1. The summed E-state index contributed by atoms with van der Waals surface area (Å²) < 4.78 is 11.1. The second-order valence-corrected chi connectivity index (χ2v) is 4.52. The second kappa shape index (κ2) is 6.17. The van der Waals surface area contributed by atoms with Crippen molar-refractivity contribution in [3.05, 3.63) is 47.5 Å². The zero-order valence-corrected chi connectivity index (χ0v) is 12.1. The highest BCUT2D eigenvalue weighted by molar-refractivity contribution is 5.99. The quantitative estimate of drug-likeness (QED) is 0.827. The number of anilines is 1. The molecule has 1 amide bonds. The van der Waals surface area contributed by atoms with Crippen LogP contribution in [0.3, 0.4) is 0 Å². The third-order valence-corrected chi connectivity index (χ3v) is 3.19. The average Bonchev–Trinajstić information content (AvgIpc) is 2.49. The molecule has 0 aliphatic rings. The lowest BCUT2D eigenvalue weighted by Gasteiger charge is -2.14. The maximum Gasteiger partial charge on any atom is 0.250 e. The molecule has 0 spiro atoms. The lowest BCUT2D eigenvalue weighted by molar-refractivity contribution is 0.100. The fourth-order valence-corrected chi connectivity index (χ4v) is 1.98. The number of nitrogen functional groups attached to an aromatic ring is 1. The van der Waals surface area contributed by atoms with Crippen LogP contribution >= 0.6 is 0 Å². The predicted molar refractivity (Wildman–Crippen MR) is 81.8 cm³/mol. The zero-order valence-electron chi connectivity index (χ0n) is 12.1. The van der Waals surface area contributed by atoms with Gasteiger partial charge in [0.1, 0.15) is 0 Å². The van der Waals surface area contributed by atoms with Crippen molar-refractivity contribution < 1.29 is 14.3 Å². The van der Waals surface area contributed by atoms with E-state index in [2.05, 4.69) is 6.92 Å². The summed E-state index contributed by atoms with van der Waals surface area (Å²) in [6.45, 7) is 2.06. The van der Waals surface area contributed by atoms with E-state index in [1.165, 1.54) is 0 Å². The van der Waals surface area contributed by atoms with Crippen molar-refractivity contribution in [2.24, 2.45) is 5.73 Å². The molecule has 2 rings (SSSR count). The SMILES string of the molecule is CCc1ccc(Oc2cccc(C(N)=O)c2N)c(OC)c1. The van der Waals surface area contributed by atoms with Gasteiger partial charge in [0.25, 0.3) is 5.91 Å². The van der Waals surface area contributed by atoms with Gasteiger partial charge in [0.15, 0.2) is 17.2 Å². The molecule has 2 aromatic rings. The molecule has 0 fully saturated rings. The molecular weight excluding hydrogens is 268 g/mol. The number of hydrogen-bond acceptors (Lipinski definition) is 4. The Hall–Kier alpha value is -2.69. The highest BCUT2D eigenvalue weighted by Crippen LogP contribution is 2.35. The van der Waals surface area contributed by atoms with E-state index in [9.17, 15) is 4.79 Å². The molecule has 5 heteroatoms. The van der Waals surface area contributed by atoms with Gasteiger partial charge < -0.3 is 20.9 Å². The van der Waals surface area contributed by atoms with Crippen molar-refractivity contribution in [3.63, 3.8) is 0 Å². The van der Waals surface area contributed by atoms with E-state index in [-0.39, 0.29) is 11.3 Å². The molecule has 21 heavy (non-hydrogen) atoms. The first kappa shape index (κ1) is 14.7. The molecule has 0 saturated heterocycles. The van der Waals surface area contributed by atoms with Gasteiger partial charge in [-0.15, -0.1) is 0 Å². The Labute approximate surface area is 123 Å². The first-order valence-electron chi connectivity index (χ1n) is 6.59. The molecule has 4 N–H and O–H groups in total. The maximum atomic E-state index is 11.3. The Balaban J connectivity index is 2.38. The molecule has 0 atom stereocenters. The minimum atomic E-state index is -0.591. The number of nitrogens with two attached hydrogens (primary N) is 2. The molecule has 0 bridgehead atoms. The minimum absolute atomic E-state index is 0.214. The Kier molecular flexibility index (Phi) is 4.33. The van der Waals surface area contributed by atoms with Gasteiger partial charge >= 0.3 is 0 Å². The molecule has 5 nitrogen and oxygen atoms in total. The summed E-state index contributed by atoms with van der Waals surface area (Å²) >= 11 is 0. The molecule has 0 unspecified atom stereocenters. The van der Waals surface area contributed by atoms with Crippen LogP contribution in [0.25, 0.3) is 0 Å². The molecule has 0 saturated carbocycles. The van der Waals surface area contributed by atoms with E-state index in [1.807, 2.05) is 18.2 Å². The van der Waals surface area contributed by atoms with E-state index in [0.29, 0.717) is 17.2 Å². The van der Waals surface area contributed by atoms with Gasteiger partial charge in [-0.3, -0.25) is 4.79 Å². The van der Waals surface area contributed by atoms with E-state index in [1.54, 1.807) is 25.3 Å². The average molecular weight is 286 g/mol. The van der Waals surface area contributed by atoms with Gasteiger partial charge in [0.2, 0.25) is 0 Å². The molecule has 2 aromatic carbocycles. The summed E-state index contributed by atoms with van der Waals surface area (Å²) in [5, 5.41) is 0. The summed E-state index contributed by atoms with van der Waals surface area (Å²) in [7, 11) is 1.57. The van der Waals surface area contributed by atoms with Crippen molar-refractivity contribution in [2.45, 2.75) is 13.3 Å². The molecule has 110 valence electrons. The topological polar surface area (TPSA) is 87.6 Å². The zero-order chi connectivity index (χ0) is 15.4. The fraction of sp³-hybridized carbons (Fsp3) is 0.188. The standard InChI is InChI=1S/C16H18N2O3/c1-3-10-7-8-12(14(9-10)20-2)21-13-6-4-5-11(15(13)17)16(18)19/h4-9H,3,17H2,1-2H3,(H2,18,19). The van der Waals surface area contributed by atoms with E-state index in [4.69, 9.17) is 20.9 Å². The number of carbonyl (C=O) groups excluding carboxylic acids is 1. The van der Waals surface area contributed by atoms with E-state index < -0.39 is 5.91 Å². The van der Waals surface area contributed by atoms with Crippen LogP contribution in [0.2, 0.25) is 0 Å². The lowest BCUT2D eigenvalue weighted by Crippen LogP contribution is -2.13. The maximum absolute atomic E-state index is 11.3. The van der Waals surface area contributed by atoms with Gasteiger partial charge in [-0.2, -0.15) is 0 Å². The van der Waals surface area contributed by atoms with Gasteiger partial charge in [-0.1, -0.05) is 19.1 Å². The van der Waals surface area contributed by atoms with Crippen LogP contribution in [-0.2, 0) is 6.42 Å². The van der Waals surface area contributed by atoms with Crippen LogP contribution in [0.1, 0.15) is 22.8 Å². The number of rotatable bonds is 5. The number of carbonyl (C=O) groups is 1. The fourth-order valence-electron chi connectivity index (χ4n) is 1.98. The third kappa shape index (κ3) is 3.08. The number of amides is 1. The van der Waals surface area contributed by atoms with E-state index >= 15 is 0 Å². The van der Waals surface area contributed by atoms with Crippen molar-refractivity contribution in [1.29, 1.82) is 0 Å². The minimum Gasteiger partial charge on any atom is -0.493 e. The summed E-state index contributed by atoms with van der Waals surface area (Å²) in [5.74, 6) is 0.918. The number of hydrogen-bond donors (Lipinski definition) is 2. The van der Waals surface area contributed by atoms with Gasteiger partial charge in [0, 0.05) is 0 Å². The smallest absolute Gasteiger partial charge is 0.250 e. The summed E-state index contributed by atoms with van der Waals surface area (Å²) in [6.07, 6.45) is 0.899. The summed E-state index contributed by atoms with van der Waals surface area (Å²) in [4.78, 5) is 11.3. The first-order chi connectivity index (χ1) is 10.1. The largest absolute Gasteiger partial charge is 0.493 e. The van der Waals surface area contributed by atoms with Gasteiger partial charge in [-0.05, 0) is 36.2 Å². The molecule has 0 aliphatic carbocycles. The molecule has 0 aromatic heterocycles. The Morgan fingerprint density at radius 1 is 1.14 bits per heavy atom. The predicted octanol–water partition coefficient (Wildman–Crippen LogP) is 2.73. The van der Waals surface area contributed by atoms with Crippen molar-refractivity contribution in [2.75, 3.05) is 12.8 Å². The normalized spacial score (nSPS) is 10.2. The van der Waals surface area contributed by atoms with Crippen molar-refractivity contribution in [3.8, 4) is 17.2 Å². The van der Waals surface area contributed by atoms with Crippen LogP contribution < -0.4 is 20.9 Å². The van der Waals surface area contributed by atoms with Crippen LogP contribution in [0.4, 0.5) is 5.69 Å². The molecule has 0 heterocycles. The van der Waals surface area contributed by atoms with Crippen molar-refractivity contribution >= 4 is 11.6 Å². The highest BCUT2D eigenvalue weighted by Gasteiger charge is 2.13. The van der Waals surface area contributed by atoms with Gasteiger partial charge in [0.05, 0.1) is 18.4 Å². The highest BCUT2D eigenvalue weighted by atomic mass is 16.5. The number of ether oxygens (including phenoxy) is 2. The second-order valence-electron chi connectivity index (χ2n) is 4.52. The molecule has 0 radical (unpaired) electrons. The number of para-hydroxylation sites is 1. The molecular formula is C16H18N2O3. The van der Waals surface area contributed by atoms with Gasteiger partial charge in [-0.25, -0.2) is 0 Å². The van der Waals surface area contributed by atoms with Crippen LogP contribution in [0.15, 0.2) is 36.4 Å². The number of methoxy groups -OCH3 is 1. The third-order valence-electron chi connectivity index (χ3n) is 3.19. The number of benzene rings is 2. The Bertz CT molecular complexity index is 669. The summed E-state index contributed by atoms with van der Waals surface area (Å²) in [5.41, 5.74) is 12.8. The van der Waals surface area contributed by atoms with Crippen LogP contribution in [0, 0.1) is 0 Å². The van der Waals surface area contributed by atoms with Crippen molar-refractivity contribution in [1.82, 2.24) is 0 Å².